The lowest BCUT2D eigenvalue weighted by molar-refractivity contribution is 0.318. The predicted molar refractivity (Wildman–Crippen MR) is 77.4 cm³/mol. The number of amidine groups is 1. The van der Waals surface area contributed by atoms with Gasteiger partial charge in [0, 0.05) is 37.5 Å². The van der Waals surface area contributed by atoms with Gasteiger partial charge in [-0.2, -0.15) is 5.10 Å². The highest BCUT2D eigenvalue weighted by atomic mass is 16.4. The van der Waals surface area contributed by atoms with Crippen LogP contribution in [0, 0.1) is 6.92 Å². The summed E-state index contributed by atoms with van der Waals surface area (Å²) in [6, 6.07) is 7.60. The molecule has 1 aromatic carbocycles. The van der Waals surface area contributed by atoms with E-state index in [1.54, 1.807) is 0 Å². The van der Waals surface area contributed by atoms with Gasteiger partial charge in [0.05, 0.1) is 5.69 Å². The highest BCUT2D eigenvalue weighted by molar-refractivity contribution is 5.97. The smallest absolute Gasteiger partial charge is 0.170 e. The van der Waals surface area contributed by atoms with Crippen LogP contribution in [0.25, 0.3) is 0 Å². The van der Waals surface area contributed by atoms with E-state index in [0.29, 0.717) is 12.1 Å². The van der Waals surface area contributed by atoms with Crippen LogP contribution >= 0.6 is 0 Å². The van der Waals surface area contributed by atoms with E-state index in [1.165, 1.54) is 5.56 Å². The van der Waals surface area contributed by atoms with E-state index in [0.717, 1.165) is 17.8 Å². The van der Waals surface area contributed by atoms with Crippen LogP contribution in [0.2, 0.25) is 0 Å². The Hall–Kier alpha value is -2.34. The third-order valence-corrected chi connectivity index (χ3v) is 3.09. The van der Waals surface area contributed by atoms with Crippen molar-refractivity contribution in [3.63, 3.8) is 0 Å². The van der Waals surface area contributed by atoms with Crippen molar-refractivity contribution in [2.75, 3.05) is 0 Å². The fraction of sp³-hybridized carbons (Fsp3) is 0.286. The minimum atomic E-state index is 0.120. The van der Waals surface area contributed by atoms with Gasteiger partial charge in [0.15, 0.2) is 5.84 Å². The predicted octanol–water partition coefficient (Wildman–Crippen LogP) is 1.11. The largest absolute Gasteiger partial charge is 0.409 e. The molecule has 0 fully saturated rings. The van der Waals surface area contributed by atoms with Crippen LogP contribution < -0.4 is 11.1 Å². The fourth-order valence-electron chi connectivity index (χ4n) is 2.06. The molecule has 6 nitrogen and oxygen atoms in total. The normalized spacial score (nSPS) is 11.8. The molecule has 0 bridgehead atoms. The van der Waals surface area contributed by atoms with Crippen LogP contribution in [-0.2, 0) is 20.1 Å². The van der Waals surface area contributed by atoms with E-state index in [-0.39, 0.29) is 5.84 Å². The van der Waals surface area contributed by atoms with Gasteiger partial charge in [-0.25, -0.2) is 0 Å². The number of hydrogen-bond donors (Lipinski definition) is 3. The monoisotopic (exact) mass is 273 g/mol. The molecule has 0 amide bonds. The maximum atomic E-state index is 8.67. The van der Waals surface area contributed by atoms with E-state index >= 15 is 0 Å². The summed E-state index contributed by atoms with van der Waals surface area (Å²) >= 11 is 0. The van der Waals surface area contributed by atoms with Gasteiger partial charge in [-0.15, -0.1) is 0 Å². The molecule has 0 aliphatic carbocycles. The summed E-state index contributed by atoms with van der Waals surface area (Å²) < 4.78 is 1.81. The van der Waals surface area contributed by atoms with E-state index < -0.39 is 0 Å². The van der Waals surface area contributed by atoms with Crippen molar-refractivity contribution in [3.8, 4) is 0 Å². The first-order chi connectivity index (χ1) is 9.60. The van der Waals surface area contributed by atoms with Crippen LogP contribution in [0.1, 0.15) is 22.4 Å². The Morgan fingerprint density at radius 2 is 2.25 bits per heavy atom. The fourth-order valence-corrected chi connectivity index (χ4v) is 2.06. The Labute approximate surface area is 117 Å². The topological polar surface area (TPSA) is 88.5 Å². The van der Waals surface area contributed by atoms with Crippen molar-refractivity contribution in [2.45, 2.75) is 20.0 Å². The van der Waals surface area contributed by atoms with Gasteiger partial charge < -0.3 is 16.3 Å². The molecule has 2 rings (SSSR count). The van der Waals surface area contributed by atoms with Crippen molar-refractivity contribution >= 4 is 5.84 Å². The van der Waals surface area contributed by atoms with E-state index in [2.05, 4.69) is 15.6 Å². The van der Waals surface area contributed by atoms with Gasteiger partial charge in [0.25, 0.3) is 0 Å². The Balaban J connectivity index is 1.96. The average molecular weight is 273 g/mol. The lowest BCUT2D eigenvalue weighted by atomic mass is 10.1. The molecule has 0 saturated heterocycles. The molecule has 6 heteroatoms. The van der Waals surface area contributed by atoms with Gasteiger partial charge in [-0.1, -0.05) is 23.4 Å². The number of rotatable bonds is 5. The maximum absolute atomic E-state index is 8.67. The molecular formula is C14H19N5O. The van der Waals surface area contributed by atoms with Gasteiger partial charge in [-0.3, -0.25) is 4.68 Å². The lowest BCUT2D eigenvalue weighted by Crippen LogP contribution is -2.16. The zero-order valence-corrected chi connectivity index (χ0v) is 11.7. The Morgan fingerprint density at radius 3 is 2.90 bits per heavy atom. The summed E-state index contributed by atoms with van der Waals surface area (Å²) in [5.41, 5.74) is 9.58. The van der Waals surface area contributed by atoms with Crippen molar-refractivity contribution in [3.05, 3.63) is 52.8 Å². The minimum Gasteiger partial charge on any atom is -0.409 e. The van der Waals surface area contributed by atoms with Crippen LogP contribution in [0.4, 0.5) is 0 Å². The molecule has 2 aromatic rings. The average Bonchev–Trinajstić information content (AvgIpc) is 2.76. The van der Waals surface area contributed by atoms with Gasteiger partial charge in [-0.05, 0) is 18.6 Å². The molecule has 0 atom stereocenters. The van der Waals surface area contributed by atoms with Crippen molar-refractivity contribution < 1.29 is 5.21 Å². The van der Waals surface area contributed by atoms with Gasteiger partial charge in [0.1, 0.15) is 0 Å². The molecule has 0 aliphatic rings. The first-order valence-corrected chi connectivity index (χ1v) is 6.37. The van der Waals surface area contributed by atoms with Crippen molar-refractivity contribution in [1.29, 1.82) is 0 Å². The SMILES string of the molecule is Cc1nn(C)cc1CNCc1cccc(/C(N)=N/O)c1. The van der Waals surface area contributed by atoms with Crippen LogP contribution in [0.5, 0.6) is 0 Å². The summed E-state index contributed by atoms with van der Waals surface area (Å²) in [4.78, 5) is 0. The Kier molecular flexibility index (Phi) is 4.37. The number of aromatic nitrogens is 2. The first-order valence-electron chi connectivity index (χ1n) is 6.37. The standard InChI is InChI=1S/C14H19N5O/c1-10-13(9-19(2)17-10)8-16-7-11-4-3-5-12(6-11)14(15)18-20/h3-6,9,16,20H,7-8H2,1-2H3,(H2,15,18). The quantitative estimate of drug-likeness (QED) is 0.329. The molecule has 1 heterocycles. The third-order valence-electron chi connectivity index (χ3n) is 3.09. The van der Waals surface area contributed by atoms with Gasteiger partial charge >= 0.3 is 0 Å². The maximum Gasteiger partial charge on any atom is 0.170 e. The second kappa shape index (κ2) is 6.21. The van der Waals surface area contributed by atoms with Crippen LogP contribution in [0.15, 0.2) is 35.6 Å². The molecule has 106 valence electrons. The minimum absolute atomic E-state index is 0.120. The van der Waals surface area contributed by atoms with E-state index in [9.17, 15) is 0 Å². The Bertz CT molecular complexity index is 618. The molecule has 0 radical (unpaired) electrons. The zero-order chi connectivity index (χ0) is 14.5. The molecule has 4 N–H and O–H groups in total. The molecule has 20 heavy (non-hydrogen) atoms. The van der Waals surface area contributed by atoms with Crippen molar-refractivity contribution in [2.24, 2.45) is 17.9 Å². The summed E-state index contributed by atoms with van der Waals surface area (Å²) in [5, 5.41) is 19.3. The molecule has 0 spiro atoms. The molecular weight excluding hydrogens is 254 g/mol. The number of hydrogen-bond acceptors (Lipinski definition) is 4. The summed E-state index contributed by atoms with van der Waals surface area (Å²) in [7, 11) is 1.91. The molecule has 0 aliphatic heterocycles. The van der Waals surface area contributed by atoms with Crippen molar-refractivity contribution in [1.82, 2.24) is 15.1 Å². The van der Waals surface area contributed by atoms with E-state index in [1.807, 2.05) is 49.1 Å². The summed E-state index contributed by atoms with van der Waals surface area (Å²) in [6.07, 6.45) is 2.01. The number of nitrogens with zero attached hydrogens (tertiary/aromatic N) is 3. The van der Waals surface area contributed by atoms with E-state index in [4.69, 9.17) is 10.9 Å². The lowest BCUT2D eigenvalue weighted by Gasteiger charge is -2.06. The number of nitrogens with one attached hydrogen (secondary N) is 1. The second-order valence-electron chi connectivity index (χ2n) is 4.70. The molecule has 0 saturated carbocycles. The number of nitrogens with two attached hydrogens (primary N) is 1. The highest BCUT2D eigenvalue weighted by Crippen LogP contribution is 2.07. The second-order valence-corrected chi connectivity index (χ2v) is 4.70. The van der Waals surface area contributed by atoms with Crippen LogP contribution in [0.3, 0.4) is 0 Å². The number of benzene rings is 1. The molecule has 0 unspecified atom stereocenters. The summed E-state index contributed by atoms with van der Waals surface area (Å²) in [5.74, 6) is 0.120. The van der Waals surface area contributed by atoms with Crippen LogP contribution in [-0.4, -0.2) is 20.8 Å². The first kappa shape index (κ1) is 14.1. The Morgan fingerprint density at radius 1 is 1.45 bits per heavy atom. The number of oxime groups is 1. The molecule has 1 aromatic heterocycles. The summed E-state index contributed by atoms with van der Waals surface area (Å²) in [6.45, 7) is 3.46. The zero-order valence-electron chi connectivity index (χ0n) is 11.7. The van der Waals surface area contributed by atoms with Gasteiger partial charge in [0.2, 0.25) is 0 Å². The third kappa shape index (κ3) is 3.36. The highest BCUT2D eigenvalue weighted by Gasteiger charge is 2.03. The number of aryl methyl sites for hydroxylation is 2.